The quantitative estimate of drug-likeness (QED) is 0.235. The summed E-state index contributed by atoms with van der Waals surface area (Å²) in [7, 11) is 1.60. The van der Waals surface area contributed by atoms with Gasteiger partial charge in [-0.15, -0.1) is 11.3 Å². The van der Waals surface area contributed by atoms with E-state index in [0.29, 0.717) is 41.1 Å². The number of anilines is 1. The van der Waals surface area contributed by atoms with Crippen LogP contribution in [0.4, 0.5) is 32.0 Å². The molecule has 4 aromatic heterocycles. The molecule has 0 spiro atoms. The molecule has 5 rings (SSSR count). The average molecular weight is 664 g/mol. The van der Waals surface area contributed by atoms with Gasteiger partial charge in [0.1, 0.15) is 15.4 Å². The fourth-order valence-electron chi connectivity index (χ4n) is 4.47. The number of pyridine rings is 1. The highest BCUT2D eigenvalue weighted by Gasteiger charge is 2.42. The SMILES string of the molecule is Cc1c(-c2cc(C(F)(F)F)nc3sc(C(N)=O)c(NC(=O)CCn4nc(C(F)(F)F)c(Br)c4C4CC4)c23)cnn1C. The van der Waals surface area contributed by atoms with Crippen molar-refractivity contribution in [3.05, 3.63) is 44.4 Å². The summed E-state index contributed by atoms with van der Waals surface area (Å²) in [6.45, 7) is 1.42. The maximum atomic E-state index is 13.7. The number of primary amides is 1. The molecule has 0 bridgehead atoms. The first-order valence-electron chi connectivity index (χ1n) is 12.0. The van der Waals surface area contributed by atoms with Gasteiger partial charge in [0.15, 0.2) is 5.69 Å². The highest BCUT2D eigenvalue weighted by molar-refractivity contribution is 9.10. The molecule has 218 valence electrons. The molecule has 41 heavy (non-hydrogen) atoms. The zero-order valence-corrected chi connectivity index (χ0v) is 23.6. The van der Waals surface area contributed by atoms with Crippen LogP contribution in [0.25, 0.3) is 21.3 Å². The maximum absolute atomic E-state index is 13.7. The summed E-state index contributed by atoms with van der Waals surface area (Å²) in [5.74, 6) is -1.85. The van der Waals surface area contributed by atoms with Crippen LogP contribution in [0.2, 0.25) is 0 Å². The normalized spacial score (nSPS) is 14.2. The monoisotopic (exact) mass is 663 g/mol. The van der Waals surface area contributed by atoms with Gasteiger partial charge in [0, 0.05) is 36.0 Å². The van der Waals surface area contributed by atoms with Crippen molar-refractivity contribution in [2.45, 2.75) is 51.0 Å². The molecule has 4 heterocycles. The van der Waals surface area contributed by atoms with Gasteiger partial charge in [-0.3, -0.25) is 19.0 Å². The number of nitrogens with zero attached hydrogens (tertiary/aromatic N) is 5. The number of nitrogens with two attached hydrogens (primary N) is 1. The zero-order valence-electron chi connectivity index (χ0n) is 21.2. The van der Waals surface area contributed by atoms with Gasteiger partial charge < -0.3 is 11.1 Å². The number of aromatic nitrogens is 5. The second-order valence-electron chi connectivity index (χ2n) is 9.51. The van der Waals surface area contributed by atoms with E-state index in [2.05, 4.69) is 36.4 Å². The highest BCUT2D eigenvalue weighted by Crippen LogP contribution is 2.47. The fourth-order valence-corrected chi connectivity index (χ4v) is 6.31. The number of hydrogen-bond donors (Lipinski definition) is 2. The van der Waals surface area contributed by atoms with E-state index < -0.39 is 35.6 Å². The van der Waals surface area contributed by atoms with Gasteiger partial charge in [-0.25, -0.2) is 4.98 Å². The van der Waals surface area contributed by atoms with Gasteiger partial charge >= 0.3 is 12.4 Å². The van der Waals surface area contributed by atoms with Crippen molar-refractivity contribution in [1.29, 1.82) is 0 Å². The lowest BCUT2D eigenvalue weighted by Crippen LogP contribution is -2.19. The summed E-state index contributed by atoms with van der Waals surface area (Å²) in [5, 5.41) is 10.4. The molecule has 0 aliphatic heterocycles. The molecular formula is C24H20BrF6N7O2S. The van der Waals surface area contributed by atoms with E-state index in [0.717, 1.165) is 10.7 Å². The van der Waals surface area contributed by atoms with E-state index in [4.69, 9.17) is 5.73 Å². The summed E-state index contributed by atoms with van der Waals surface area (Å²) in [5.41, 5.74) is 4.24. The number of rotatable bonds is 7. The number of nitrogens with one attached hydrogen (secondary N) is 1. The van der Waals surface area contributed by atoms with E-state index in [1.807, 2.05) is 0 Å². The third-order valence-electron chi connectivity index (χ3n) is 6.68. The minimum absolute atomic E-state index is 0.0221. The van der Waals surface area contributed by atoms with Gasteiger partial charge in [0.25, 0.3) is 5.91 Å². The Hall–Kier alpha value is -3.47. The number of fused-ring (bicyclic) bond motifs is 1. The number of halogens is 7. The molecule has 0 radical (unpaired) electrons. The lowest BCUT2D eigenvalue weighted by Gasteiger charge is -2.12. The van der Waals surface area contributed by atoms with E-state index in [9.17, 15) is 35.9 Å². The van der Waals surface area contributed by atoms with Crippen LogP contribution in [0.15, 0.2) is 16.7 Å². The Morgan fingerprint density at radius 1 is 1.17 bits per heavy atom. The van der Waals surface area contributed by atoms with Gasteiger partial charge in [-0.2, -0.15) is 36.5 Å². The first kappa shape index (κ1) is 29.0. The minimum Gasteiger partial charge on any atom is -0.365 e. The fraction of sp³-hybridized carbons (Fsp3) is 0.375. The molecule has 0 saturated heterocycles. The Morgan fingerprint density at radius 2 is 1.85 bits per heavy atom. The molecular weight excluding hydrogens is 644 g/mol. The number of alkyl halides is 6. The van der Waals surface area contributed by atoms with Crippen molar-refractivity contribution in [2.75, 3.05) is 5.32 Å². The van der Waals surface area contributed by atoms with E-state index in [1.165, 1.54) is 10.9 Å². The zero-order chi connectivity index (χ0) is 30.0. The molecule has 1 saturated carbocycles. The van der Waals surface area contributed by atoms with Gasteiger partial charge in [-0.1, -0.05) is 0 Å². The van der Waals surface area contributed by atoms with Crippen molar-refractivity contribution in [1.82, 2.24) is 24.5 Å². The van der Waals surface area contributed by atoms with Crippen LogP contribution in [0.1, 0.15) is 57.6 Å². The van der Waals surface area contributed by atoms with Gasteiger partial charge in [-0.05, 0) is 47.3 Å². The summed E-state index contributed by atoms with van der Waals surface area (Å²) < 4.78 is 83.9. The molecule has 2 amide bonds. The lowest BCUT2D eigenvalue weighted by atomic mass is 10.0. The largest absolute Gasteiger partial charge is 0.436 e. The van der Waals surface area contributed by atoms with Gasteiger partial charge in [0.2, 0.25) is 5.91 Å². The van der Waals surface area contributed by atoms with Crippen LogP contribution in [0.5, 0.6) is 0 Å². The highest BCUT2D eigenvalue weighted by atomic mass is 79.9. The molecule has 0 aromatic carbocycles. The molecule has 1 aliphatic carbocycles. The second kappa shape index (κ2) is 10.1. The second-order valence-corrected chi connectivity index (χ2v) is 11.3. The van der Waals surface area contributed by atoms with Crippen LogP contribution in [0.3, 0.4) is 0 Å². The summed E-state index contributed by atoms with van der Waals surface area (Å²) in [6, 6.07) is 0.807. The molecule has 1 aliphatic rings. The van der Waals surface area contributed by atoms with Crippen LogP contribution < -0.4 is 11.1 Å². The predicted octanol–water partition coefficient (Wildman–Crippen LogP) is 6.01. The average Bonchev–Trinajstić information content (AvgIpc) is 3.43. The predicted molar refractivity (Wildman–Crippen MR) is 140 cm³/mol. The van der Waals surface area contributed by atoms with Crippen LogP contribution in [0, 0.1) is 6.92 Å². The van der Waals surface area contributed by atoms with Crippen molar-refractivity contribution >= 4 is 55.0 Å². The maximum Gasteiger partial charge on any atom is 0.436 e. The molecule has 17 heteroatoms. The number of carbonyl (C=O) groups excluding carboxylic acids is 2. The first-order valence-corrected chi connectivity index (χ1v) is 13.7. The number of amides is 2. The molecule has 1 fully saturated rings. The van der Waals surface area contributed by atoms with Crippen molar-refractivity contribution in [3.63, 3.8) is 0 Å². The Bertz CT molecular complexity index is 1700. The molecule has 3 N–H and O–H groups in total. The lowest BCUT2D eigenvalue weighted by molar-refractivity contribution is -0.142. The van der Waals surface area contributed by atoms with Gasteiger partial charge in [0.05, 0.1) is 28.6 Å². The van der Waals surface area contributed by atoms with Crippen LogP contribution in [-0.2, 0) is 30.7 Å². The number of thiophene rings is 1. The van der Waals surface area contributed by atoms with Crippen molar-refractivity contribution in [2.24, 2.45) is 12.8 Å². The number of aryl methyl sites for hydroxylation is 2. The van der Waals surface area contributed by atoms with Crippen molar-refractivity contribution < 1.29 is 35.9 Å². The summed E-state index contributed by atoms with van der Waals surface area (Å²) >= 11 is 3.58. The summed E-state index contributed by atoms with van der Waals surface area (Å²) in [6.07, 6.45) is -7.15. The van der Waals surface area contributed by atoms with E-state index in [-0.39, 0.29) is 49.7 Å². The first-order chi connectivity index (χ1) is 19.1. The minimum atomic E-state index is -4.81. The van der Waals surface area contributed by atoms with E-state index in [1.54, 1.807) is 14.0 Å². The van der Waals surface area contributed by atoms with Crippen molar-refractivity contribution in [3.8, 4) is 11.1 Å². The molecule has 0 unspecified atom stereocenters. The Balaban J connectivity index is 1.54. The topological polar surface area (TPSA) is 121 Å². The molecule has 4 aromatic rings. The molecule has 9 nitrogen and oxygen atoms in total. The molecule has 0 atom stereocenters. The Kier molecular flexibility index (Phi) is 7.16. The van der Waals surface area contributed by atoms with E-state index >= 15 is 0 Å². The standard InChI is InChI=1S/C24H20BrF6N7O2S/c1-9-12(8-33-37(9)2)11-7-13(23(26,27)28)34-22-15(11)17(19(41-22)21(32)40)35-14(39)5-6-38-18(10-3-4-10)16(25)20(36-38)24(29,30)31/h7-8,10H,3-6H2,1-2H3,(H2,32,40)(H,35,39). The number of carbonyl (C=O) groups is 2. The van der Waals surface area contributed by atoms with Crippen LogP contribution in [-0.4, -0.2) is 36.4 Å². The number of hydrogen-bond acceptors (Lipinski definition) is 6. The summed E-state index contributed by atoms with van der Waals surface area (Å²) in [4.78, 5) is 28.6. The van der Waals surface area contributed by atoms with Crippen LogP contribution >= 0.6 is 27.3 Å². The Labute approximate surface area is 239 Å². The third kappa shape index (κ3) is 5.43. The smallest absolute Gasteiger partial charge is 0.365 e. The third-order valence-corrected chi connectivity index (χ3v) is 8.56. The Morgan fingerprint density at radius 3 is 2.39 bits per heavy atom.